The Morgan fingerprint density at radius 2 is 1.93 bits per heavy atom. The van der Waals surface area contributed by atoms with Crippen molar-refractivity contribution < 1.29 is 19.1 Å². The zero-order chi connectivity index (χ0) is 19.4. The van der Waals surface area contributed by atoms with Crippen molar-refractivity contribution in [1.82, 2.24) is 10.2 Å². The number of fused-ring (bicyclic) bond motifs is 1. The normalized spacial score (nSPS) is 19.8. The summed E-state index contributed by atoms with van der Waals surface area (Å²) in [7, 11) is 0. The highest BCUT2D eigenvalue weighted by atomic mass is 16.5. The van der Waals surface area contributed by atoms with Gasteiger partial charge in [-0.2, -0.15) is 0 Å². The molecule has 1 fully saturated rings. The minimum absolute atomic E-state index is 0.0246. The van der Waals surface area contributed by atoms with Gasteiger partial charge in [0.25, 0.3) is 0 Å². The number of amides is 2. The Bertz CT molecular complexity index is 714. The Kier molecular flexibility index (Phi) is 6.14. The van der Waals surface area contributed by atoms with Gasteiger partial charge in [0.05, 0.1) is 6.61 Å². The van der Waals surface area contributed by atoms with Crippen molar-refractivity contribution in [2.24, 2.45) is 11.8 Å². The Morgan fingerprint density at radius 1 is 1.22 bits per heavy atom. The maximum absolute atomic E-state index is 12.8. The predicted octanol–water partition coefficient (Wildman–Crippen LogP) is 2.06. The smallest absolute Gasteiger partial charge is 0.325 e. The molecule has 1 saturated carbocycles. The number of carbonyl (C=O) groups is 3. The SMILES string of the molecule is CCC(C)C(=O)N1Cc2ccccc2CC1C(=O)NCC(=O)OCC1CC1. The molecular weight excluding hydrogens is 344 g/mol. The lowest BCUT2D eigenvalue weighted by Crippen LogP contribution is -2.54. The number of hydrogen-bond acceptors (Lipinski definition) is 4. The van der Waals surface area contributed by atoms with Gasteiger partial charge in [0, 0.05) is 18.9 Å². The lowest BCUT2D eigenvalue weighted by Gasteiger charge is -2.37. The van der Waals surface area contributed by atoms with Crippen LogP contribution in [0.25, 0.3) is 0 Å². The van der Waals surface area contributed by atoms with Crippen molar-refractivity contribution in [3.8, 4) is 0 Å². The molecule has 27 heavy (non-hydrogen) atoms. The second kappa shape index (κ2) is 8.55. The maximum Gasteiger partial charge on any atom is 0.325 e. The molecule has 1 aromatic rings. The van der Waals surface area contributed by atoms with Crippen LogP contribution in [-0.2, 0) is 32.1 Å². The predicted molar refractivity (Wildman–Crippen MR) is 101 cm³/mol. The standard InChI is InChI=1S/C21H28N2O4/c1-3-14(2)21(26)23-12-17-7-5-4-6-16(17)10-18(23)20(25)22-11-19(24)27-13-15-8-9-15/h4-7,14-15,18H,3,8-13H2,1-2H3,(H,22,25). The highest BCUT2D eigenvalue weighted by Crippen LogP contribution is 2.29. The summed E-state index contributed by atoms with van der Waals surface area (Å²) >= 11 is 0. The molecule has 2 amide bonds. The van der Waals surface area contributed by atoms with E-state index >= 15 is 0 Å². The Labute approximate surface area is 160 Å². The third-order valence-corrected chi connectivity index (χ3v) is 5.45. The number of carbonyl (C=O) groups excluding carboxylic acids is 3. The molecule has 0 saturated heterocycles. The minimum Gasteiger partial charge on any atom is -0.464 e. The second-order valence-electron chi connectivity index (χ2n) is 7.61. The quantitative estimate of drug-likeness (QED) is 0.744. The largest absolute Gasteiger partial charge is 0.464 e. The minimum atomic E-state index is -0.599. The van der Waals surface area contributed by atoms with Crippen LogP contribution in [0, 0.1) is 11.8 Å². The Hall–Kier alpha value is -2.37. The van der Waals surface area contributed by atoms with Gasteiger partial charge < -0.3 is 15.0 Å². The van der Waals surface area contributed by atoms with Crippen LogP contribution >= 0.6 is 0 Å². The van der Waals surface area contributed by atoms with Crippen molar-refractivity contribution in [3.05, 3.63) is 35.4 Å². The first-order valence-electron chi connectivity index (χ1n) is 9.80. The number of nitrogens with zero attached hydrogens (tertiary/aromatic N) is 1. The van der Waals surface area contributed by atoms with Gasteiger partial charge in [0.15, 0.2) is 0 Å². The van der Waals surface area contributed by atoms with E-state index in [0.717, 1.165) is 30.4 Å². The molecule has 6 nitrogen and oxygen atoms in total. The number of rotatable bonds is 7. The number of hydrogen-bond donors (Lipinski definition) is 1. The summed E-state index contributed by atoms with van der Waals surface area (Å²) in [6.45, 7) is 4.54. The average Bonchev–Trinajstić information content (AvgIpc) is 3.52. The van der Waals surface area contributed by atoms with Crippen molar-refractivity contribution in [2.75, 3.05) is 13.2 Å². The van der Waals surface area contributed by atoms with Crippen LogP contribution in [0.3, 0.4) is 0 Å². The van der Waals surface area contributed by atoms with E-state index in [1.165, 1.54) is 0 Å². The summed E-state index contributed by atoms with van der Waals surface area (Å²) in [5.74, 6) is -0.406. The van der Waals surface area contributed by atoms with E-state index < -0.39 is 12.0 Å². The van der Waals surface area contributed by atoms with Gasteiger partial charge in [-0.25, -0.2) is 0 Å². The molecule has 1 N–H and O–H groups in total. The fraction of sp³-hybridized carbons (Fsp3) is 0.571. The molecule has 3 rings (SSSR count). The number of esters is 1. The average molecular weight is 372 g/mol. The molecule has 0 bridgehead atoms. The molecule has 2 aliphatic rings. The highest BCUT2D eigenvalue weighted by molar-refractivity contribution is 5.91. The van der Waals surface area contributed by atoms with Crippen molar-refractivity contribution in [3.63, 3.8) is 0 Å². The number of benzene rings is 1. The van der Waals surface area contributed by atoms with E-state index in [9.17, 15) is 14.4 Å². The van der Waals surface area contributed by atoms with Crippen LogP contribution in [0.4, 0.5) is 0 Å². The molecule has 0 spiro atoms. The zero-order valence-corrected chi connectivity index (χ0v) is 16.1. The van der Waals surface area contributed by atoms with E-state index in [-0.39, 0.29) is 24.3 Å². The van der Waals surface area contributed by atoms with Crippen molar-refractivity contribution in [1.29, 1.82) is 0 Å². The van der Waals surface area contributed by atoms with Gasteiger partial charge in [-0.05, 0) is 36.3 Å². The highest BCUT2D eigenvalue weighted by Gasteiger charge is 2.36. The molecule has 6 heteroatoms. The van der Waals surface area contributed by atoms with Crippen molar-refractivity contribution in [2.45, 2.75) is 52.1 Å². The second-order valence-corrected chi connectivity index (χ2v) is 7.61. The van der Waals surface area contributed by atoms with Gasteiger partial charge in [0.1, 0.15) is 12.6 Å². The van der Waals surface area contributed by atoms with Gasteiger partial charge in [-0.15, -0.1) is 0 Å². The molecule has 0 aromatic heterocycles. The summed E-state index contributed by atoms with van der Waals surface area (Å²) in [6, 6.07) is 7.27. The summed E-state index contributed by atoms with van der Waals surface area (Å²) in [4.78, 5) is 39.1. The Balaban J connectivity index is 1.66. The Morgan fingerprint density at radius 3 is 2.59 bits per heavy atom. The van der Waals surface area contributed by atoms with E-state index in [2.05, 4.69) is 5.32 Å². The third-order valence-electron chi connectivity index (χ3n) is 5.45. The van der Waals surface area contributed by atoms with Gasteiger partial charge in [-0.1, -0.05) is 38.1 Å². The van der Waals surface area contributed by atoms with Crippen LogP contribution < -0.4 is 5.32 Å². The van der Waals surface area contributed by atoms with Gasteiger partial charge >= 0.3 is 5.97 Å². The molecular formula is C21H28N2O4. The number of ether oxygens (including phenoxy) is 1. The van der Waals surface area contributed by atoms with Crippen LogP contribution in [0.5, 0.6) is 0 Å². The lowest BCUT2D eigenvalue weighted by atomic mass is 9.92. The maximum atomic E-state index is 12.8. The van der Waals surface area contributed by atoms with Gasteiger partial charge in [0.2, 0.25) is 11.8 Å². The fourth-order valence-electron chi connectivity index (χ4n) is 3.27. The van der Waals surface area contributed by atoms with Crippen molar-refractivity contribution >= 4 is 17.8 Å². The molecule has 0 radical (unpaired) electrons. The molecule has 146 valence electrons. The van der Waals surface area contributed by atoms with Crippen LogP contribution in [0.2, 0.25) is 0 Å². The summed E-state index contributed by atoms with van der Waals surface area (Å²) in [6.07, 6.45) is 3.39. The van der Waals surface area contributed by atoms with Crippen LogP contribution in [0.15, 0.2) is 24.3 Å². The molecule has 1 aliphatic heterocycles. The monoisotopic (exact) mass is 372 g/mol. The summed E-state index contributed by atoms with van der Waals surface area (Å²) in [5, 5.41) is 2.66. The zero-order valence-electron chi connectivity index (χ0n) is 16.1. The first kappa shape index (κ1) is 19.4. The third kappa shape index (κ3) is 4.87. The van der Waals surface area contributed by atoms with Crippen LogP contribution in [0.1, 0.15) is 44.2 Å². The summed E-state index contributed by atoms with van der Waals surface area (Å²) < 4.78 is 5.16. The van der Waals surface area contributed by atoms with E-state index in [1.54, 1.807) is 4.90 Å². The first-order chi connectivity index (χ1) is 13.0. The molecule has 2 atom stereocenters. The van der Waals surface area contributed by atoms with E-state index in [1.807, 2.05) is 38.1 Å². The fourth-order valence-corrected chi connectivity index (χ4v) is 3.27. The topological polar surface area (TPSA) is 75.7 Å². The van der Waals surface area contributed by atoms with E-state index in [0.29, 0.717) is 25.5 Å². The van der Waals surface area contributed by atoms with Crippen LogP contribution in [-0.4, -0.2) is 41.9 Å². The lowest BCUT2D eigenvalue weighted by molar-refractivity contribution is -0.147. The molecule has 1 aromatic carbocycles. The number of nitrogens with one attached hydrogen (secondary N) is 1. The molecule has 2 unspecified atom stereocenters. The summed E-state index contributed by atoms with van der Waals surface area (Å²) in [5.41, 5.74) is 2.14. The molecule has 1 heterocycles. The van der Waals surface area contributed by atoms with Gasteiger partial charge in [-0.3, -0.25) is 14.4 Å². The molecule has 1 aliphatic carbocycles. The van der Waals surface area contributed by atoms with E-state index in [4.69, 9.17) is 4.74 Å². The first-order valence-corrected chi connectivity index (χ1v) is 9.80.